The maximum atomic E-state index is 11.6. The van der Waals surface area contributed by atoms with Crippen molar-refractivity contribution in [3.63, 3.8) is 0 Å². The van der Waals surface area contributed by atoms with E-state index in [1.807, 2.05) is 13.8 Å². The Labute approximate surface area is 105 Å². The van der Waals surface area contributed by atoms with Gasteiger partial charge in [-0.2, -0.15) is 0 Å². The highest BCUT2D eigenvalue weighted by Crippen LogP contribution is 2.10. The van der Waals surface area contributed by atoms with E-state index in [0.29, 0.717) is 10.6 Å². The molecule has 17 heavy (non-hydrogen) atoms. The van der Waals surface area contributed by atoms with Crippen LogP contribution in [0.1, 0.15) is 24.2 Å². The molecule has 3 nitrogen and oxygen atoms in total. The van der Waals surface area contributed by atoms with Crippen LogP contribution in [0.3, 0.4) is 0 Å². The first-order valence-electron chi connectivity index (χ1n) is 5.27. The average molecular weight is 252 g/mol. The first-order valence-corrected chi connectivity index (χ1v) is 5.65. The lowest BCUT2D eigenvalue weighted by Gasteiger charge is -2.03. The summed E-state index contributed by atoms with van der Waals surface area (Å²) in [5.41, 5.74) is 0.503. The van der Waals surface area contributed by atoms with Crippen LogP contribution in [0.15, 0.2) is 36.4 Å². The molecule has 1 aromatic carbocycles. The van der Waals surface area contributed by atoms with Crippen LogP contribution in [0.4, 0.5) is 0 Å². The van der Waals surface area contributed by atoms with Gasteiger partial charge < -0.3 is 5.32 Å². The lowest BCUT2D eigenvalue weighted by molar-refractivity contribution is -0.116. The zero-order valence-corrected chi connectivity index (χ0v) is 10.5. The summed E-state index contributed by atoms with van der Waals surface area (Å²) in [6.45, 7) is 3.71. The Morgan fingerprint density at radius 2 is 1.76 bits per heavy atom. The van der Waals surface area contributed by atoms with Gasteiger partial charge in [0.25, 0.3) is 0 Å². The van der Waals surface area contributed by atoms with Gasteiger partial charge in [-0.3, -0.25) is 9.59 Å². The number of halogens is 1. The third kappa shape index (κ3) is 4.83. The van der Waals surface area contributed by atoms with Crippen molar-refractivity contribution >= 4 is 23.3 Å². The molecular weight excluding hydrogens is 238 g/mol. The Balaban J connectivity index is 2.63. The molecule has 0 atom stereocenters. The van der Waals surface area contributed by atoms with Gasteiger partial charge in [-0.15, -0.1) is 0 Å². The first kappa shape index (κ1) is 13.5. The van der Waals surface area contributed by atoms with E-state index in [9.17, 15) is 9.59 Å². The van der Waals surface area contributed by atoms with E-state index in [-0.39, 0.29) is 17.7 Å². The van der Waals surface area contributed by atoms with Gasteiger partial charge in [-0.25, -0.2) is 0 Å². The molecule has 0 aliphatic carbocycles. The van der Waals surface area contributed by atoms with Crippen LogP contribution >= 0.6 is 11.6 Å². The number of carbonyl (C=O) groups is 2. The smallest absolute Gasteiger partial charge is 0.244 e. The summed E-state index contributed by atoms with van der Waals surface area (Å²) in [6.07, 6.45) is 2.48. The van der Waals surface area contributed by atoms with Gasteiger partial charge >= 0.3 is 0 Å². The van der Waals surface area contributed by atoms with E-state index in [1.165, 1.54) is 12.2 Å². The molecule has 0 saturated carbocycles. The minimum absolute atomic E-state index is 0.0535. The molecule has 0 bridgehead atoms. The number of nitrogens with one attached hydrogen (secondary N) is 1. The van der Waals surface area contributed by atoms with Crippen molar-refractivity contribution in [1.29, 1.82) is 0 Å². The lowest BCUT2D eigenvalue weighted by atomic mass is 10.1. The van der Waals surface area contributed by atoms with Crippen molar-refractivity contribution in [3.8, 4) is 0 Å². The van der Waals surface area contributed by atoms with E-state index in [2.05, 4.69) is 5.32 Å². The number of hydrogen-bond donors (Lipinski definition) is 1. The quantitative estimate of drug-likeness (QED) is 0.660. The summed E-state index contributed by atoms with van der Waals surface area (Å²) in [7, 11) is 0. The maximum absolute atomic E-state index is 11.6. The topological polar surface area (TPSA) is 46.2 Å². The van der Waals surface area contributed by atoms with Crippen molar-refractivity contribution in [1.82, 2.24) is 5.32 Å². The molecule has 1 N–H and O–H groups in total. The second kappa shape index (κ2) is 6.21. The van der Waals surface area contributed by atoms with Crippen LogP contribution in [0.5, 0.6) is 0 Å². The minimum Gasteiger partial charge on any atom is -0.350 e. The molecule has 90 valence electrons. The molecule has 0 aliphatic rings. The normalized spacial score (nSPS) is 10.8. The number of amides is 1. The standard InChI is InChI=1S/C13H14ClNO2/c1-9(2)15-13(17)8-7-12(16)10-3-5-11(14)6-4-10/h3-9H,1-2H3,(H,15,17). The minimum atomic E-state index is -0.276. The Hall–Kier alpha value is -1.61. The number of allylic oxidation sites excluding steroid dienone is 1. The number of benzene rings is 1. The van der Waals surface area contributed by atoms with Gasteiger partial charge in [-0.1, -0.05) is 11.6 Å². The van der Waals surface area contributed by atoms with Gasteiger partial charge in [0.15, 0.2) is 5.78 Å². The van der Waals surface area contributed by atoms with Crippen LogP contribution in [-0.2, 0) is 4.79 Å². The molecule has 1 aromatic rings. The number of carbonyl (C=O) groups excluding carboxylic acids is 2. The van der Waals surface area contributed by atoms with Crippen molar-refractivity contribution in [2.45, 2.75) is 19.9 Å². The molecule has 0 heterocycles. The van der Waals surface area contributed by atoms with E-state index in [4.69, 9.17) is 11.6 Å². The summed E-state index contributed by atoms with van der Waals surface area (Å²) in [6, 6.07) is 6.57. The van der Waals surface area contributed by atoms with Crippen molar-refractivity contribution in [2.75, 3.05) is 0 Å². The zero-order valence-electron chi connectivity index (χ0n) is 9.74. The predicted octanol–water partition coefficient (Wildman–Crippen LogP) is 2.60. The third-order valence-corrected chi connectivity index (χ3v) is 2.20. The summed E-state index contributed by atoms with van der Waals surface area (Å²) >= 11 is 5.71. The van der Waals surface area contributed by atoms with Gasteiger partial charge in [0.1, 0.15) is 0 Å². The fourth-order valence-electron chi connectivity index (χ4n) is 1.19. The molecule has 1 amide bonds. The Kier molecular flexibility index (Phi) is 4.91. The van der Waals surface area contributed by atoms with Crippen LogP contribution in [0.25, 0.3) is 0 Å². The summed E-state index contributed by atoms with van der Waals surface area (Å²) in [5.74, 6) is -0.497. The van der Waals surface area contributed by atoms with Crippen molar-refractivity contribution < 1.29 is 9.59 Å². The second-order valence-electron chi connectivity index (χ2n) is 3.87. The molecule has 1 rings (SSSR count). The van der Waals surface area contributed by atoms with E-state index < -0.39 is 0 Å². The molecular formula is C13H14ClNO2. The SMILES string of the molecule is CC(C)NC(=O)C=CC(=O)c1ccc(Cl)cc1. The predicted molar refractivity (Wildman–Crippen MR) is 68.2 cm³/mol. The van der Waals surface area contributed by atoms with Gasteiger partial charge in [0, 0.05) is 22.7 Å². The van der Waals surface area contributed by atoms with Gasteiger partial charge in [-0.05, 0) is 44.2 Å². The van der Waals surface area contributed by atoms with E-state index >= 15 is 0 Å². The Bertz CT molecular complexity index is 435. The molecule has 0 aliphatic heterocycles. The maximum Gasteiger partial charge on any atom is 0.244 e. The molecule has 0 spiro atoms. The molecule has 0 radical (unpaired) electrons. The van der Waals surface area contributed by atoms with Crippen LogP contribution < -0.4 is 5.32 Å². The highest BCUT2D eigenvalue weighted by Gasteiger charge is 2.03. The van der Waals surface area contributed by atoms with Crippen LogP contribution in [-0.4, -0.2) is 17.7 Å². The van der Waals surface area contributed by atoms with Crippen molar-refractivity contribution in [3.05, 3.63) is 47.0 Å². The number of hydrogen-bond acceptors (Lipinski definition) is 2. The van der Waals surface area contributed by atoms with E-state index in [1.54, 1.807) is 24.3 Å². The van der Waals surface area contributed by atoms with E-state index in [0.717, 1.165) is 0 Å². The first-order chi connectivity index (χ1) is 7.99. The Morgan fingerprint density at radius 3 is 2.29 bits per heavy atom. The van der Waals surface area contributed by atoms with Gasteiger partial charge in [0.05, 0.1) is 0 Å². The summed E-state index contributed by atoms with van der Waals surface area (Å²) in [4.78, 5) is 22.9. The van der Waals surface area contributed by atoms with Crippen LogP contribution in [0.2, 0.25) is 5.02 Å². The number of ketones is 1. The lowest BCUT2D eigenvalue weighted by Crippen LogP contribution is -2.28. The van der Waals surface area contributed by atoms with Crippen molar-refractivity contribution in [2.24, 2.45) is 0 Å². The second-order valence-corrected chi connectivity index (χ2v) is 4.30. The van der Waals surface area contributed by atoms with Crippen LogP contribution in [0, 0.1) is 0 Å². The largest absolute Gasteiger partial charge is 0.350 e. The molecule has 0 aromatic heterocycles. The average Bonchev–Trinajstić information content (AvgIpc) is 2.26. The molecule has 0 unspecified atom stereocenters. The highest BCUT2D eigenvalue weighted by atomic mass is 35.5. The molecule has 0 fully saturated rings. The number of rotatable bonds is 4. The van der Waals surface area contributed by atoms with Gasteiger partial charge in [0.2, 0.25) is 5.91 Å². The summed E-state index contributed by atoms with van der Waals surface area (Å²) in [5, 5.41) is 3.23. The molecule has 4 heteroatoms. The fraction of sp³-hybridized carbons (Fsp3) is 0.231. The highest BCUT2D eigenvalue weighted by molar-refractivity contribution is 6.30. The summed E-state index contributed by atoms with van der Waals surface area (Å²) < 4.78 is 0. The Morgan fingerprint density at radius 1 is 1.18 bits per heavy atom. The zero-order chi connectivity index (χ0) is 12.8. The fourth-order valence-corrected chi connectivity index (χ4v) is 1.32. The third-order valence-electron chi connectivity index (χ3n) is 1.95. The molecule has 0 saturated heterocycles. The monoisotopic (exact) mass is 251 g/mol.